The zero-order valence-electron chi connectivity index (χ0n) is 10.8. The number of halogens is 1. The average molecular weight is 309 g/mol. The number of hydrogen-bond donors (Lipinski definition) is 1. The van der Waals surface area contributed by atoms with Gasteiger partial charge in [0.15, 0.2) is 0 Å². The Morgan fingerprint density at radius 1 is 1.28 bits per heavy atom. The molecule has 4 unspecified atom stereocenters. The minimum Gasteiger partial charge on any atom is -0.327 e. The maximum atomic E-state index is 6.21. The Bertz CT molecular complexity index is 434. The first kappa shape index (κ1) is 12.6. The van der Waals surface area contributed by atoms with Crippen LogP contribution in [0.5, 0.6) is 0 Å². The maximum absolute atomic E-state index is 6.21. The van der Waals surface area contributed by atoms with Crippen molar-refractivity contribution >= 4 is 15.9 Å². The van der Waals surface area contributed by atoms with Gasteiger partial charge in [-0.25, -0.2) is 0 Å². The lowest BCUT2D eigenvalue weighted by Gasteiger charge is -2.27. The van der Waals surface area contributed by atoms with Gasteiger partial charge in [0.05, 0.1) is 0 Å². The molecule has 0 radical (unpaired) electrons. The number of nitrogens with zero attached hydrogens (tertiary/aromatic N) is 1. The van der Waals surface area contributed by atoms with Crippen LogP contribution < -0.4 is 5.73 Å². The molecule has 18 heavy (non-hydrogen) atoms. The highest BCUT2D eigenvalue weighted by Crippen LogP contribution is 2.41. The summed E-state index contributed by atoms with van der Waals surface area (Å²) in [6, 6.07) is 9.48. The third-order valence-corrected chi connectivity index (χ3v) is 5.57. The van der Waals surface area contributed by atoms with E-state index < -0.39 is 0 Å². The van der Waals surface area contributed by atoms with Gasteiger partial charge in [0.2, 0.25) is 0 Å². The number of rotatable bonds is 2. The van der Waals surface area contributed by atoms with Crippen LogP contribution >= 0.6 is 15.9 Å². The fraction of sp³-hybridized carbons (Fsp3) is 0.600. The van der Waals surface area contributed by atoms with Crippen LogP contribution in [0.2, 0.25) is 0 Å². The van der Waals surface area contributed by atoms with Crippen molar-refractivity contribution in [1.82, 2.24) is 4.90 Å². The summed E-state index contributed by atoms with van der Waals surface area (Å²) in [6.07, 6.45) is 2.55. The largest absolute Gasteiger partial charge is 0.327 e. The van der Waals surface area contributed by atoms with Crippen molar-refractivity contribution in [3.63, 3.8) is 0 Å². The van der Waals surface area contributed by atoms with E-state index in [1.807, 2.05) is 0 Å². The fourth-order valence-electron chi connectivity index (χ4n) is 3.67. The molecule has 0 aromatic heterocycles. The Morgan fingerprint density at radius 2 is 2.06 bits per heavy atom. The first-order valence-corrected chi connectivity index (χ1v) is 7.70. The molecule has 1 heterocycles. The molecule has 2 nitrogen and oxygen atoms in total. The van der Waals surface area contributed by atoms with Crippen LogP contribution in [0.1, 0.15) is 31.4 Å². The number of nitrogens with two attached hydrogens (primary N) is 1. The second-order valence-corrected chi connectivity index (χ2v) is 6.67. The minimum atomic E-state index is 0.436. The second kappa shape index (κ2) is 4.95. The van der Waals surface area contributed by atoms with Gasteiger partial charge in [-0.05, 0) is 43.2 Å². The predicted molar refractivity (Wildman–Crippen MR) is 78.3 cm³/mol. The van der Waals surface area contributed by atoms with E-state index in [-0.39, 0.29) is 0 Å². The minimum absolute atomic E-state index is 0.436. The molecule has 0 spiro atoms. The lowest BCUT2D eigenvalue weighted by molar-refractivity contribution is 0.238. The first-order valence-electron chi connectivity index (χ1n) is 6.91. The highest BCUT2D eigenvalue weighted by molar-refractivity contribution is 9.10. The molecule has 1 aliphatic carbocycles. The van der Waals surface area contributed by atoms with Crippen molar-refractivity contribution < 1.29 is 0 Å². The van der Waals surface area contributed by atoms with Gasteiger partial charge in [-0.3, -0.25) is 4.90 Å². The summed E-state index contributed by atoms with van der Waals surface area (Å²) in [6.45, 7) is 4.71. The normalized spacial score (nSPS) is 33.6. The average Bonchev–Trinajstić information content (AvgIpc) is 2.92. The molecule has 3 heteroatoms. The summed E-state index contributed by atoms with van der Waals surface area (Å²) < 4.78 is 1.22. The molecule has 1 saturated carbocycles. The highest BCUT2D eigenvalue weighted by Gasteiger charge is 2.42. The van der Waals surface area contributed by atoms with Gasteiger partial charge < -0.3 is 5.73 Å². The fourth-order valence-corrected chi connectivity index (χ4v) is 4.28. The molecule has 0 bridgehead atoms. The van der Waals surface area contributed by atoms with Crippen molar-refractivity contribution in [2.75, 3.05) is 13.1 Å². The Hall–Kier alpha value is -0.380. The van der Waals surface area contributed by atoms with Crippen LogP contribution in [0.4, 0.5) is 0 Å². The smallest absolute Gasteiger partial charge is 0.0331 e. The summed E-state index contributed by atoms with van der Waals surface area (Å²) in [5.41, 5.74) is 7.61. The van der Waals surface area contributed by atoms with Gasteiger partial charge >= 0.3 is 0 Å². The molecule has 2 N–H and O–H groups in total. The summed E-state index contributed by atoms with van der Waals surface area (Å²) in [5.74, 6) is 1.57. The molecule has 2 aliphatic rings. The molecule has 3 rings (SSSR count). The van der Waals surface area contributed by atoms with E-state index in [4.69, 9.17) is 5.73 Å². The van der Waals surface area contributed by atoms with Gasteiger partial charge in [0.25, 0.3) is 0 Å². The van der Waals surface area contributed by atoms with Crippen LogP contribution in [0, 0.1) is 11.8 Å². The summed E-state index contributed by atoms with van der Waals surface area (Å²) in [5, 5.41) is 0. The zero-order chi connectivity index (χ0) is 12.7. The molecule has 4 atom stereocenters. The Kier molecular flexibility index (Phi) is 3.48. The quantitative estimate of drug-likeness (QED) is 0.909. The number of hydrogen-bond acceptors (Lipinski definition) is 2. The highest BCUT2D eigenvalue weighted by atomic mass is 79.9. The van der Waals surface area contributed by atoms with E-state index in [1.165, 1.54) is 36.0 Å². The zero-order valence-corrected chi connectivity index (χ0v) is 12.4. The molecule has 1 aliphatic heterocycles. The lowest BCUT2D eigenvalue weighted by Crippen LogP contribution is -2.31. The molecule has 1 aromatic carbocycles. The standard InChI is InChI=1S/C15H21BrN2/c1-10(12-4-2-3-5-14(12)16)18-8-11-6-7-15(17)13(11)9-18/h2-5,10-11,13,15H,6-9,17H2,1H3. The lowest BCUT2D eigenvalue weighted by atomic mass is 9.98. The summed E-state index contributed by atoms with van der Waals surface area (Å²) >= 11 is 3.67. The number of likely N-dealkylation sites (tertiary alicyclic amines) is 1. The topological polar surface area (TPSA) is 29.3 Å². The van der Waals surface area contributed by atoms with Gasteiger partial charge in [0, 0.05) is 29.6 Å². The third kappa shape index (κ3) is 2.13. The molecular weight excluding hydrogens is 288 g/mol. The van der Waals surface area contributed by atoms with Crippen LogP contribution in [0.3, 0.4) is 0 Å². The first-order chi connectivity index (χ1) is 8.66. The Morgan fingerprint density at radius 3 is 2.78 bits per heavy atom. The second-order valence-electron chi connectivity index (χ2n) is 5.82. The maximum Gasteiger partial charge on any atom is 0.0331 e. The van der Waals surface area contributed by atoms with Crippen molar-refractivity contribution in [3.05, 3.63) is 34.3 Å². The molecule has 0 amide bonds. The summed E-state index contributed by atoms with van der Waals surface area (Å²) in [7, 11) is 0. The number of benzene rings is 1. The molecule has 1 aromatic rings. The van der Waals surface area contributed by atoms with E-state index in [1.54, 1.807) is 0 Å². The van der Waals surface area contributed by atoms with E-state index in [2.05, 4.69) is 52.0 Å². The van der Waals surface area contributed by atoms with Crippen LogP contribution in [-0.4, -0.2) is 24.0 Å². The summed E-state index contributed by atoms with van der Waals surface area (Å²) in [4.78, 5) is 2.61. The van der Waals surface area contributed by atoms with Gasteiger partial charge in [-0.1, -0.05) is 34.1 Å². The van der Waals surface area contributed by atoms with E-state index in [0.29, 0.717) is 12.1 Å². The monoisotopic (exact) mass is 308 g/mol. The van der Waals surface area contributed by atoms with E-state index in [9.17, 15) is 0 Å². The molecule has 2 fully saturated rings. The van der Waals surface area contributed by atoms with Crippen molar-refractivity contribution in [3.8, 4) is 0 Å². The van der Waals surface area contributed by atoms with Gasteiger partial charge in [-0.2, -0.15) is 0 Å². The molecule has 98 valence electrons. The van der Waals surface area contributed by atoms with Crippen molar-refractivity contribution in [2.24, 2.45) is 17.6 Å². The Balaban J connectivity index is 1.75. The molecular formula is C15H21BrN2. The number of fused-ring (bicyclic) bond motifs is 1. The van der Waals surface area contributed by atoms with Crippen LogP contribution in [0.15, 0.2) is 28.7 Å². The third-order valence-electron chi connectivity index (χ3n) is 4.84. The Labute approximate surface area is 118 Å². The van der Waals surface area contributed by atoms with Crippen molar-refractivity contribution in [1.29, 1.82) is 0 Å². The van der Waals surface area contributed by atoms with Crippen LogP contribution in [0.25, 0.3) is 0 Å². The SMILES string of the molecule is CC(c1ccccc1Br)N1CC2CCC(N)C2C1. The van der Waals surface area contributed by atoms with Crippen molar-refractivity contribution in [2.45, 2.75) is 31.8 Å². The predicted octanol–water partition coefficient (Wildman–Crippen LogP) is 3.18. The molecule has 1 saturated heterocycles. The van der Waals surface area contributed by atoms with Crippen LogP contribution in [-0.2, 0) is 0 Å². The van der Waals surface area contributed by atoms with Gasteiger partial charge in [0.1, 0.15) is 0 Å². The van der Waals surface area contributed by atoms with E-state index in [0.717, 1.165) is 11.8 Å². The van der Waals surface area contributed by atoms with Gasteiger partial charge in [-0.15, -0.1) is 0 Å². The van der Waals surface area contributed by atoms with E-state index >= 15 is 0 Å².